The van der Waals surface area contributed by atoms with Crippen molar-refractivity contribution >= 4 is 11.9 Å². The largest absolute Gasteiger partial charge is 0.477 e. The molecule has 3 aromatic rings. The molecule has 0 atom stereocenters. The second-order valence-corrected chi connectivity index (χ2v) is 6.09. The highest BCUT2D eigenvalue weighted by atomic mass is 16.4. The third-order valence-electron chi connectivity index (χ3n) is 4.33. The predicted octanol–water partition coefficient (Wildman–Crippen LogP) is 1.82. The standard InChI is InChI=1S/C18H15N5O3/c1-11-7-12(8-20-16(11)23-6-2-4-21-23)9-22-10-14-13(17(22)24)3-5-19-15(14)18(25)26/h2-8H,9-10H2,1H3,(H,25,26). The average Bonchev–Trinajstić information content (AvgIpc) is 3.24. The zero-order valence-corrected chi connectivity index (χ0v) is 14.0. The molecule has 1 N–H and O–H groups in total. The molecule has 4 heterocycles. The summed E-state index contributed by atoms with van der Waals surface area (Å²) in [6.07, 6.45) is 6.56. The molecule has 0 spiro atoms. The van der Waals surface area contributed by atoms with Crippen LogP contribution in [0.1, 0.15) is 37.5 Å². The van der Waals surface area contributed by atoms with E-state index in [-0.39, 0.29) is 18.1 Å². The number of carboxylic acid groups (broad SMARTS) is 1. The lowest BCUT2D eigenvalue weighted by Crippen LogP contribution is -2.23. The first-order valence-corrected chi connectivity index (χ1v) is 8.00. The maximum absolute atomic E-state index is 12.6. The van der Waals surface area contributed by atoms with E-state index in [4.69, 9.17) is 0 Å². The molecule has 0 unspecified atom stereocenters. The van der Waals surface area contributed by atoms with E-state index < -0.39 is 5.97 Å². The molecule has 0 fully saturated rings. The Kier molecular flexibility index (Phi) is 3.72. The van der Waals surface area contributed by atoms with Gasteiger partial charge in [0.2, 0.25) is 0 Å². The Morgan fingerprint density at radius 1 is 1.31 bits per heavy atom. The summed E-state index contributed by atoms with van der Waals surface area (Å²) in [6, 6.07) is 5.34. The highest BCUT2D eigenvalue weighted by Gasteiger charge is 2.31. The molecule has 1 aliphatic rings. The number of rotatable bonds is 4. The van der Waals surface area contributed by atoms with E-state index >= 15 is 0 Å². The summed E-state index contributed by atoms with van der Waals surface area (Å²) >= 11 is 0. The summed E-state index contributed by atoms with van der Waals surface area (Å²) in [6.45, 7) is 2.50. The van der Waals surface area contributed by atoms with Gasteiger partial charge in [-0.05, 0) is 36.2 Å². The number of aromatic nitrogens is 4. The number of aryl methyl sites for hydroxylation is 1. The maximum atomic E-state index is 12.6. The fraction of sp³-hybridized carbons (Fsp3) is 0.167. The van der Waals surface area contributed by atoms with Crippen LogP contribution in [0.15, 0.2) is 43.0 Å². The van der Waals surface area contributed by atoms with E-state index in [2.05, 4.69) is 15.1 Å². The smallest absolute Gasteiger partial charge is 0.354 e. The van der Waals surface area contributed by atoms with Crippen LogP contribution < -0.4 is 0 Å². The minimum Gasteiger partial charge on any atom is -0.477 e. The Labute approximate surface area is 148 Å². The van der Waals surface area contributed by atoms with Crippen molar-refractivity contribution in [3.8, 4) is 5.82 Å². The number of amides is 1. The van der Waals surface area contributed by atoms with E-state index in [0.29, 0.717) is 17.7 Å². The van der Waals surface area contributed by atoms with Gasteiger partial charge < -0.3 is 10.0 Å². The van der Waals surface area contributed by atoms with Gasteiger partial charge >= 0.3 is 5.97 Å². The number of fused-ring (bicyclic) bond motifs is 1. The Hall–Kier alpha value is -3.55. The molecule has 1 aliphatic heterocycles. The molecule has 3 aromatic heterocycles. The van der Waals surface area contributed by atoms with Crippen LogP contribution in [0.4, 0.5) is 0 Å². The van der Waals surface area contributed by atoms with Crippen LogP contribution in [0.2, 0.25) is 0 Å². The van der Waals surface area contributed by atoms with Crippen molar-refractivity contribution in [2.45, 2.75) is 20.0 Å². The summed E-state index contributed by atoms with van der Waals surface area (Å²) in [5.74, 6) is -0.594. The number of hydrogen-bond acceptors (Lipinski definition) is 5. The van der Waals surface area contributed by atoms with Crippen LogP contribution >= 0.6 is 0 Å². The number of pyridine rings is 2. The SMILES string of the molecule is Cc1cc(CN2Cc3c(ccnc3C(=O)O)C2=O)cnc1-n1cccn1. The molecule has 26 heavy (non-hydrogen) atoms. The van der Waals surface area contributed by atoms with E-state index in [1.807, 2.05) is 25.3 Å². The molecule has 0 aromatic carbocycles. The number of aromatic carboxylic acids is 1. The van der Waals surface area contributed by atoms with Crippen molar-refractivity contribution < 1.29 is 14.7 Å². The molecule has 130 valence electrons. The Morgan fingerprint density at radius 3 is 2.85 bits per heavy atom. The van der Waals surface area contributed by atoms with Crippen molar-refractivity contribution in [2.75, 3.05) is 0 Å². The topological polar surface area (TPSA) is 101 Å². The van der Waals surface area contributed by atoms with Gasteiger partial charge in [-0.15, -0.1) is 0 Å². The fourth-order valence-corrected chi connectivity index (χ4v) is 3.16. The molecule has 1 amide bonds. The van der Waals surface area contributed by atoms with Gasteiger partial charge in [0.1, 0.15) is 0 Å². The first-order chi connectivity index (χ1) is 12.5. The number of carbonyl (C=O) groups excluding carboxylic acids is 1. The lowest BCUT2D eigenvalue weighted by atomic mass is 10.1. The van der Waals surface area contributed by atoms with Crippen LogP contribution in [-0.4, -0.2) is 41.6 Å². The van der Waals surface area contributed by atoms with Crippen molar-refractivity contribution in [1.29, 1.82) is 0 Å². The van der Waals surface area contributed by atoms with Crippen LogP contribution in [0.5, 0.6) is 0 Å². The predicted molar refractivity (Wildman–Crippen MR) is 90.9 cm³/mol. The quantitative estimate of drug-likeness (QED) is 0.771. The summed E-state index contributed by atoms with van der Waals surface area (Å²) in [7, 11) is 0. The Bertz CT molecular complexity index is 1010. The van der Waals surface area contributed by atoms with Crippen LogP contribution in [0.25, 0.3) is 5.82 Å². The zero-order chi connectivity index (χ0) is 18.3. The second kappa shape index (κ2) is 6.07. The van der Waals surface area contributed by atoms with Crippen LogP contribution in [0, 0.1) is 6.92 Å². The van der Waals surface area contributed by atoms with E-state index in [9.17, 15) is 14.7 Å². The van der Waals surface area contributed by atoms with Crippen molar-refractivity contribution in [1.82, 2.24) is 24.6 Å². The monoisotopic (exact) mass is 349 g/mol. The zero-order valence-electron chi connectivity index (χ0n) is 14.0. The molecular weight excluding hydrogens is 334 g/mol. The Balaban J connectivity index is 1.59. The average molecular weight is 349 g/mol. The molecule has 0 saturated carbocycles. The number of hydrogen-bond donors (Lipinski definition) is 1. The molecule has 0 saturated heterocycles. The third kappa shape index (κ3) is 2.61. The normalized spacial score (nSPS) is 13.1. The lowest BCUT2D eigenvalue weighted by Gasteiger charge is -2.16. The number of nitrogens with zero attached hydrogens (tertiary/aromatic N) is 5. The summed E-state index contributed by atoms with van der Waals surface area (Å²) in [5, 5.41) is 13.4. The van der Waals surface area contributed by atoms with Gasteiger partial charge in [-0.25, -0.2) is 19.4 Å². The highest BCUT2D eigenvalue weighted by molar-refractivity contribution is 6.01. The molecule has 4 rings (SSSR count). The van der Waals surface area contributed by atoms with Gasteiger partial charge in [0.25, 0.3) is 5.91 Å². The van der Waals surface area contributed by atoms with E-state index in [1.54, 1.807) is 28.0 Å². The van der Waals surface area contributed by atoms with Crippen LogP contribution in [0.3, 0.4) is 0 Å². The van der Waals surface area contributed by atoms with Gasteiger partial charge in [-0.2, -0.15) is 5.10 Å². The van der Waals surface area contributed by atoms with Gasteiger partial charge in [0, 0.05) is 49.0 Å². The van der Waals surface area contributed by atoms with Crippen LogP contribution in [-0.2, 0) is 13.1 Å². The molecule has 8 nitrogen and oxygen atoms in total. The van der Waals surface area contributed by atoms with Gasteiger partial charge in [-0.1, -0.05) is 0 Å². The second-order valence-electron chi connectivity index (χ2n) is 6.09. The van der Waals surface area contributed by atoms with E-state index in [0.717, 1.165) is 16.9 Å². The molecule has 0 radical (unpaired) electrons. The van der Waals surface area contributed by atoms with Gasteiger partial charge in [0.05, 0.1) is 0 Å². The first kappa shape index (κ1) is 15.9. The van der Waals surface area contributed by atoms with Crippen molar-refractivity contribution in [3.05, 3.63) is 70.9 Å². The Morgan fingerprint density at radius 2 is 2.15 bits per heavy atom. The van der Waals surface area contributed by atoms with Gasteiger partial charge in [-0.3, -0.25) is 4.79 Å². The minimum atomic E-state index is -1.13. The van der Waals surface area contributed by atoms with Crippen molar-refractivity contribution in [2.24, 2.45) is 0 Å². The van der Waals surface area contributed by atoms with Crippen molar-refractivity contribution in [3.63, 3.8) is 0 Å². The lowest BCUT2D eigenvalue weighted by molar-refractivity contribution is 0.0685. The third-order valence-corrected chi connectivity index (χ3v) is 4.33. The van der Waals surface area contributed by atoms with Gasteiger partial charge in [0.15, 0.2) is 11.5 Å². The fourth-order valence-electron chi connectivity index (χ4n) is 3.16. The number of carbonyl (C=O) groups is 2. The summed E-state index contributed by atoms with van der Waals surface area (Å²) in [5.41, 5.74) is 2.59. The summed E-state index contributed by atoms with van der Waals surface area (Å²) in [4.78, 5) is 33.8. The van der Waals surface area contributed by atoms with E-state index in [1.165, 1.54) is 6.20 Å². The maximum Gasteiger partial charge on any atom is 0.354 e. The molecule has 0 aliphatic carbocycles. The molecule has 8 heteroatoms. The number of carboxylic acids is 1. The summed E-state index contributed by atoms with van der Waals surface area (Å²) < 4.78 is 1.68. The minimum absolute atomic E-state index is 0.0679. The molecule has 0 bridgehead atoms. The first-order valence-electron chi connectivity index (χ1n) is 8.00. The molecular formula is C18H15N5O3. The highest BCUT2D eigenvalue weighted by Crippen LogP contribution is 2.26.